The Kier molecular flexibility index (Phi) is 3.93. The van der Waals surface area contributed by atoms with Crippen LogP contribution in [0, 0.1) is 13.8 Å². The van der Waals surface area contributed by atoms with Gasteiger partial charge in [-0.05, 0) is 56.3 Å². The Bertz CT molecular complexity index is 1260. The molecule has 4 nitrogen and oxygen atoms in total. The number of hydrogen-bond donors (Lipinski definition) is 2. The second-order valence-electron chi connectivity index (χ2n) is 7.91. The molecule has 0 aliphatic heterocycles. The quantitative estimate of drug-likeness (QED) is 0.533. The molecule has 1 aliphatic rings. The third-order valence-electron chi connectivity index (χ3n) is 6.09. The van der Waals surface area contributed by atoms with Crippen LogP contribution in [-0.4, -0.2) is 23.6 Å². The van der Waals surface area contributed by atoms with Crippen LogP contribution in [0.15, 0.2) is 40.5 Å². The topological polar surface area (TPSA) is 57.8 Å². The highest BCUT2D eigenvalue weighted by Gasteiger charge is 2.43. The highest BCUT2D eigenvalue weighted by atomic mass is 32.1. The number of thiophene rings is 1. The Hall–Kier alpha value is -2.50. The Labute approximate surface area is 167 Å². The van der Waals surface area contributed by atoms with Crippen LogP contribution in [0.2, 0.25) is 0 Å². The van der Waals surface area contributed by atoms with E-state index in [1.807, 2.05) is 19.4 Å². The van der Waals surface area contributed by atoms with E-state index < -0.39 is 0 Å². The Morgan fingerprint density at radius 1 is 1.14 bits per heavy atom. The minimum absolute atomic E-state index is 0.0321. The van der Waals surface area contributed by atoms with Crippen LogP contribution >= 0.6 is 11.3 Å². The number of fused-ring (bicyclic) bond motifs is 3. The standard InChI is InChI=1S/C23H23N3OS/c1-13-18(15-4-6-16(7-5-15)23(9-10-23)12-24-3)19-17-8-11-28-21(17)22(27)26-20(19)14(2)25-13/h4-8,11,24H,9-10,12H2,1-3H3,(H,26,27). The number of hydrogen-bond acceptors (Lipinski definition) is 4. The summed E-state index contributed by atoms with van der Waals surface area (Å²) >= 11 is 1.49. The van der Waals surface area contributed by atoms with Gasteiger partial charge in [0.2, 0.25) is 0 Å². The van der Waals surface area contributed by atoms with Gasteiger partial charge in [-0.25, -0.2) is 0 Å². The van der Waals surface area contributed by atoms with Crippen molar-refractivity contribution >= 4 is 32.3 Å². The lowest BCUT2D eigenvalue weighted by Crippen LogP contribution is -2.23. The molecule has 5 rings (SSSR count). The first-order valence-corrected chi connectivity index (χ1v) is 10.6. The van der Waals surface area contributed by atoms with Gasteiger partial charge in [-0.15, -0.1) is 11.3 Å². The van der Waals surface area contributed by atoms with Gasteiger partial charge in [-0.1, -0.05) is 24.3 Å². The van der Waals surface area contributed by atoms with E-state index in [-0.39, 0.29) is 5.56 Å². The maximum absolute atomic E-state index is 12.5. The molecule has 0 spiro atoms. The van der Waals surface area contributed by atoms with Crippen molar-refractivity contribution in [3.8, 4) is 11.1 Å². The number of benzene rings is 1. The predicted octanol–water partition coefficient (Wildman–Crippen LogP) is 4.67. The normalized spacial score (nSPS) is 15.4. The fraction of sp³-hybridized carbons (Fsp3) is 0.304. The summed E-state index contributed by atoms with van der Waals surface area (Å²) in [5, 5.41) is 7.45. The zero-order valence-electron chi connectivity index (χ0n) is 16.3. The molecule has 1 aliphatic carbocycles. The van der Waals surface area contributed by atoms with Gasteiger partial charge in [0, 0.05) is 34.0 Å². The molecular formula is C23H23N3OS. The first kappa shape index (κ1) is 17.6. The van der Waals surface area contributed by atoms with E-state index >= 15 is 0 Å². The average molecular weight is 390 g/mol. The molecule has 1 saturated carbocycles. The third-order valence-corrected chi connectivity index (χ3v) is 7.01. The number of aromatic amines is 1. The molecule has 2 N–H and O–H groups in total. The van der Waals surface area contributed by atoms with Crippen LogP contribution < -0.4 is 10.9 Å². The maximum Gasteiger partial charge on any atom is 0.266 e. The SMILES string of the molecule is CNCC1(c2ccc(-c3c(C)nc(C)c4[nH]c(=O)c5sccc5c34)cc2)CC1. The zero-order valence-corrected chi connectivity index (χ0v) is 17.2. The smallest absolute Gasteiger partial charge is 0.266 e. The number of aryl methyl sites for hydroxylation is 2. The molecule has 3 aromatic heterocycles. The van der Waals surface area contributed by atoms with E-state index in [0.717, 1.165) is 50.0 Å². The Morgan fingerprint density at radius 2 is 1.89 bits per heavy atom. The molecule has 4 aromatic rings. The van der Waals surface area contributed by atoms with Crippen LogP contribution in [0.25, 0.3) is 32.1 Å². The van der Waals surface area contributed by atoms with Gasteiger partial charge >= 0.3 is 0 Å². The van der Waals surface area contributed by atoms with E-state index in [9.17, 15) is 4.79 Å². The van der Waals surface area contributed by atoms with Gasteiger partial charge in [0.15, 0.2) is 0 Å². The van der Waals surface area contributed by atoms with Gasteiger partial charge in [0.25, 0.3) is 5.56 Å². The Balaban J connectivity index is 1.75. The lowest BCUT2D eigenvalue weighted by molar-refractivity contribution is 0.624. The number of H-pyrrole nitrogens is 1. The van der Waals surface area contributed by atoms with E-state index in [4.69, 9.17) is 4.98 Å². The van der Waals surface area contributed by atoms with Gasteiger partial charge < -0.3 is 10.3 Å². The predicted molar refractivity (Wildman–Crippen MR) is 117 cm³/mol. The molecule has 1 aromatic carbocycles. The number of nitrogens with zero attached hydrogens (tertiary/aromatic N) is 1. The summed E-state index contributed by atoms with van der Waals surface area (Å²) in [6, 6.07) is 11.0. The summed E-state index contributed by atoms with van der Waals surface area (Å²) in [7, 11) is 2.02. The molecule has 0 unspecified atom stereocenters. The van der Waals surface area contributed by atoms with E-state index in [1.165, 1.54) is 29.7 Å². The summed E-state index contributed by atoms with van der Waals surface area (Å²) in [6.07, 6.45) is 2.50. The third kappa shape index (κ3) is 2.54. The minimum Gasteiger partial charge on any atom is -0.319 e. The van der Waals surface area contributed by atoms with Crippen molar-refractivity contribution in [2.45, 2.75) is 32.1 Å². The van der Waals surface area contributed by atoms with Crippen molar-refractivity contribution in [3.63, 3.8) is 0 Å². The van der Waals surface area contributed by atoms with E-state index in [0.29, 0.717) is 5.41 Å². The van der Waals surface area contributed by atoms with Crippen LogP contribution in [0.3, 0.4) is 0 Å². The van der Waals surface area contributed by atoms with Crippen LogP contribution in [0.4, 0.5) is 0 Å². The molecule has 142 valence electrons. The largest absolute Gasteiger partial charge is 0.319 e. The maximum atomic E-state index is 12.5. The van der Waals surface area contributed by atoms with E-state index in [2.05, 4.69) is 47.6 Å². The van der Waals surface area contributed by atoms with Crippen LogP contribution in [0.5, 0.6) is 0 Å². The molecule has 0 saturated heterocycles. The fourth-order valence-corrected chi connectivity index (χ4v) is 5.32. The molecule has 3 heterocycles. The molecular weight excluding hydrogens is 366 g/mol. The minimum atomic E-state index is -0.0321. The van der Waals surface area contributed by atoms with Crippen LogP contribution in [0.1, 0.15) is 29.8 Å². The summed E-state index contributed by atoms with van der Waals surface area (Å²) in [5.74, 6) is 0. The summed E-state index contributed by atoms with van der Waals surface area (Å²) in [5.41, 5.74) is 6.65. The second-order valence-corrected chi connectivity index (χ2v) is 8.83. The number of rotatable bonds is 4. The van der Waals surface area contributed by atoms with Gasteiger partial charge in [-0.3, -0.25) is 9.78 Å². The van der Waals surface area contributed by atoms with Crippen molar-refractivity contribution in [2.24, 2.45) is 0 Å². The summed E-state index contributed by atoms with van der Waals surface area (Å²) < 4.78 is 0.779. The highest BCUT2D eigenvalue weighted by Crippen LogP contribution is 2.48. The molecule has 28 heavy (non-hydrogen) atoms. The van der Waals surface area contributed by atoms with Crippen molar-refractivity contribution in [1.82, 2.24) is 15.3 Å². The van der Waals surface area contributed by atoms with Gasteiger partial charge in [-0.2, -0.15) is 0 Å². The number of aromatic nitrogens is 2. The fourth-order valence-electron chi connectivity index (χ4n) is 4.53. The number of pyridine rings is 2. The molecule has 1 fully saturated rings. The molecule has 0 radical (unpaired) electrons. The van der Waals surface area contributed by atoms with Crippen molar-refractivity contribution in [1.29, 1.82) is 0 Å². The van der Waals surface area contributed by atoms with Crippen molar-refractivity contribution in [3.05, 3.63) is 63.0 Å². The summed E-state index contributed by atoms with van der Waals surface area (Å²) in [6.45, 7) is 5.05. The van der Waals surface area contributed by atoms with Gasteiger partial charge in [0.1, 0.15) is 4.70 Å². The second kappa shape index (κ2) is 6.26. The average Bonchev–Trinajstić information content (AvgIpc) is 3.28. The molecule has 0 amide bonds. The molecule has 0 atom stereocenters. The zero-order chi connectivity index (χ0) is 19.5. The lowest BCUT2D eigenvalue weighted by Gasteiger charge is -2.17. The first-order valence-electron chi connectivity index (χ1n) is 9.70. The van der Waals surface area contributed by atoms with Gasteiger partial charge in [0.05, 0.1) is 11.2 Å². The lowest BCUT2D eigenvalue weighted by atomic mass is 9.91. The number of likely N-dealkylation sites (N-methyl/N-ethyl adjacent to an activating group) is 1. The van der Waals surface area contributed by atoms with Crippen molar-refractivity contribution < 1.29 is 0 Å². The Morgan fingerprint density at radius 3 is 2.57 bits per heavy atom. The van der Waals surface area contributed by atoms with Crippen LogP contribution in [-0.2, 0) is 5.41 Å². The first-order chi connectivity index (χ1) is 13.5. The van der Waals surface area contributed by atoms with E-state index in [1.54, 1.807) is 0 Å². The molecule has 0 bridgehead atoms. The monoisotopic (exact) mass is 389 g/mol. The number of nitrogens with one attached hydrogen (secondary N) is 2. The molecule has 5 heteroatoms. The highest BCUT2D eigenvalue weighted by molar-refractivity contribution is 7.17. The summed E-state index contributed by atoms with van der Waals surface area (Å²) in [4.78, 5) is 20.3. The van der Waals surface area contributed by atoms with Crippen molar-refractivity contribution in [2.75, 3.05) is 13.6 Å².